The van der Waals surface area contributed by atoms with E-state index in [1.165, 1.54) is 6.07 Å². The molecule has 0 saturated carbocycles. The van der Waals surface area contributed by atoms with Crippen LogP contribution in [0.4, 0.5) is 10.2 Å². The summed E-state index contributed by atoms with van der Waals surface area (Å²) in [5, 5.41) is 0. The third kappa shape index (κ3) is 3.48. The number of pyridine rings is 1. The second kappa shape index (κ2) is 6.71. The summed E-state index contributed by atoms with van der Waals surface area (Å²) in [6.45, 7) is 2.54. The number of hydrogen-bond donors (Lipinski definition) is 0. The van der Waals surface area contributed by atoms with Gasteiger partial charge in [0.25, 0.3) is 0 Å². The van der Waals surface area contributed by atoms with Gasteiger partial charge in [0.15, 0.2) is 0 Å². The minimum atomic E-state index is -0.191. The number of halogens is 2. The van der Waals surface area contributed by atoms with E-state index in [0.29, 0.717) is 18.0 Å². The first-order valence-corrected chi connectivity index (χ1v) is 7.17. The van der Waals surface area contributed by atoms with Gasteiger partial charge in [-0.05, 0) is 30.2 Å². The Kier molecular flexibility index (Phi) is 4.96. The van der Waals surface area contributed by atoms with Crippen molar-refractivity contribution in [3.8, 4) is 0 Å². The van der Waals surface area contributed by atoms with Crippen LogP contribution in [0.15, 0.2) is 36.4 Å². The van der Waals surface area contributed by atoms with Crippen LogP contribution in [0.25, 0.3) is 0 Å². The lowest BCUT2D eigenvalue weighted by molar-refractivity contribution is 0.607. The molecule has 0 saturated heterocycles. The molecule has 0 radical (unpaired) electrons. The number of anilines is 1. The molecule has 0 bridgehead atoms. The average molecular weight is 293 g/mol. The number of benzene rings is 1. The average Bonchev–Trinajstić information content (AvgIpc) is 2.48. The van der Waals surface area contributed by atoms with Crippen LogP contribution in [-0.2, 0) is 18.8 Å². The monoisotopic (exact) mass is 292 g/mol. The minimum absolute atomic E-state index is 0.191. The summed E-state index contributed by atoms with van der Waals surface area (Å²) < 4.78 is 13.7. The van der Waals surface area contributed by atoms with Crippen LogP contribution < -0.4 is 4.90 Å². The van der Waals surface area contributed by atoms with Crippen molar-refractivity contribution < 1.29 is 4.39 Å². The van der Waals surface area contributed by atoms with Crippen molar-refractivity contribution >= 4 is 17.4 Å². The predicted molar refractivity (Wildman–Crippen MR) is 81.7 cm³/mol. The highest BCUT2D eigenvalue weighted by molar-refractivity contribution is 6.17. The van der Waals surface area contributed by atoms with E-state index in [1.54, 1.807) is 12.1 Å². The fourth-order valence-corrected chi connectivity index (χ4v) is 2.20. The van der Waals surface area contributed by atoms with Crippen LogP contribution >= 0.6 is 11.6 Å². The minimum Gasteiger partial charge on any atom is -0.355 e. The van der Waals surface area contributed by atoms with Crippen LogP contribution in [-0.4, -0.2) is 12.0 Å². The summed E-state index contributed by atoms with van der Waals surface area (Å²) in [6, 6.07) is 10.8. The molecular formula is C16H18ClFN2. The maximum Gasteiger partial charge on any atom is 0.129 e. The molecule has 1 aromatic carbocycles. The van der Waals surface area contributed by atoms with Gasteiger partial charge >= 0.3 is 0 Å². The maximum atomic E-state index is 13.7. The van der Waals surface area contributed by atoms with Crippen LogP contribution in [0.3, 0.4) is 0 Å². The van der Waals surface area contributed by atoms with E-state index in [2.05, 4.69) is 11.9 Å². The highest BCUT2D eigenvalue weighted by Crippen LogP contribution is 2.19. The van der Waals surface area contributed by atoms with Crippen molar-refractivity contribution in [2.24, 2.45) is 0 Å². The molecule has 0 fully saturated rings. The third-order valence-electron chi connectivity index (χ3n) is 3.20. The molecule has 2 nitrogen and oxygen atoms in total. The highest BCUT2D eigenvalue weighted by Gasteiger charge is 2.09. The van der Waals surface area contributed by atoms with Crippen LogP contribution in [0.1, 0.15) is 23.7 Å². The maximum absolute atomic E-state index is 13.7. The Labute approximate surface area is 124 Å². The highest BCUT2D eigenvalue weighted by atomic mass is 35.5. The summed E-state index contributed by atoms with van der Waals surface area (Å²) in [4.78, 5) is 6.51. The van der Waals surface area contributed by atoms with E-state index in [4.69, 9.17) is 11.6 Å². The molecule has 2 rings (SSSR count). The van der Waals surface area contributed by atoms with E-state index in [0.717, 1.165) is 23.5 Å². The number of alkyl halides is 1. The summed E-state index contributed by atoms with van der Waals surface area (Å²) in [5.41, 5.74) is 2.69. The van der Waals surface area contributed by atoms with E-state index in [1.807, 2.05) is 30.1 Å². The zero-order valence-electron chi connectivity index (χ0n) is 11.7. The van der Waals surface area contributed by atoms with E-state index in [-0.39, 0.29) is 5.82 Å². The van der Waals surface area contributed by atoms with E-state index >= 15 is 0 Å². The number of aromatic nitrogens is 1. The molecule has 0 aliphatic carbocycles. The van der Waals surface area contributed by atoms with Crippen LogP contribution in [0.5, 0.6) is 0 Å². The topological polar surface area (TPSA) is 16.1 Å². The molecule has 2 aromatic rings. The van der Waals surface area contributed by atoms with Crippen molar-refractivity contribution in [3.63, 3.8) is 0 Å². The molecule has 1 heterocycles. The molecule has 1 aromatic heterocycles. The van der Waals surface area contributed by atoms with E-state index < -0.39 is 0 Å². The molecule has 4 heteroatoms. The fraction of sp³-hybridized carbons (Fsp3) is 0.312. The Hall–Kier alpha value is -1.61. The first kappa shape index (κ1) is 14.8. The summed E-state index contributed by atoms with van der Waals surface area (Å²) in [5.74, 6) is 1.09. The van der Waals surface area contributed by atoms with Crippen molar-refractivity contribution in [3.05, 3.63) is 59.0 Å². The molecule has 0 N–H and O–H groups in total. The van der Waals surface area contributed by atoms with E-state index in [9.17, 15) is 4.39 Å². The second-order valence-corrected chi connectivity index (χ2v) is 5.03. The zero-order valence-corrected chi connectivity index (χ0v) is 12.5. The Morgan fingerprint density at radius 3 is 2.65 bits per heavy atom. The first-order chi connectivity index (χ1) is 9.63. The fourth-order valence-electron chi connectivity index (χ4n) is 2.05. The van der Waals surface area contributed by atoms with Crippen molar-refractivity contribution in [2.75, 3.05) is 11.9 Å². The smallest absolute Gasteiger partial charge is 0.129 e. The Morgan fingerprint density at radius 1 is 1.25 bits per heavy atom. The van der Waals surface area contributed by atoms with Gasteiger partial charge in [-0.1, -0.05) is 25.1 Å². The number of rotatable bonds is 5. The van der Waals surface area contributed by atoms with Gasteiger partial charge < -0.3 is 4.90 Å². The van der Waals surface area contributed by atoms with Gasteiger partial charge in [0, 0.05) is 30.7 Å². The summed E-state index contributed by atoms with van der Waals surface area (Å²) in [7, 11) is 1.91. The number of aryl methyl sites for hydroxylation is 1. The van der Waals surface area contributed by atoms with Crippen molar-refractivity contribution in [2.45, 2.75) is 25.8 Å². The lowest BCUT2D eigenvalue weighted by atomic mass is 10.2. The number of nitrogens with zero attached hydrogens (tertiary/aromatic N) is 2. The molecule has 0 atom stereocenters. The molecule has 0 spiro atoms. The Morgan fingerprint density at radius 2 is 2.00 bits per heavy atom. The van der Waals surface area contributed by atoms with Crippen molar-refractivity contribution in [1.82, 2.24) is 4.98 Å². The second-order valence-electron chi connectivity index (χ2n) is 4.76. The first-order valence-electron chi connectivity index (χ1n) is 6.64. The van der Waals surface area contributed by atoms with Gasteiger partial charge in [-0.3, -0.25) is 0 Å². The SMILES string of the molecule is CCc1cc(CCl)cc(N(C)Cc2ccccc2F)n1. The normalized spacial score (nSPS) is 10.6. The van der Waals surface area contributed by atoms with Crippen LogP contribution in [0, 0.1) is 5.82 Å². The third-order valence-corrected chi connectivity index (χ3v) is 3.51. The summed E-state index contributed by atoms with van der Waals surface area (Å²) in [6.07, 6.45) is 0.852. The molecule has 0 amide bonds. The molecule has 0 aliphatic rings. The zero-order chi connectivity index (χ0) is 14.5. The van der Waals surface area contributed by atoms with Gasteiger partial charge in [-0.25, -0.2) is 9.37 Å². The Bertz CT molecular complexity index is 564. The molecule has 0 aliphatic heterocycles. The largest absolute Gasteiger partial charge is 0.355 e. The molecule has 0 unspecified atom stereocenters. The van der Waals surface area contributed by atoms with Gasteiger partial charge in [0.2, 0.25) is 0 Å². The van der Waals surface area contributed by atoms with Gasteiger partial charge in [-0.2, -0.15) is 0 Å². The predicted octanol–water partition coefficient (Wildman–Crippen LogP) is 4.16. The van der Waals surface area contributed by atoms with Gasteiger partial charge in [0.05, 0.1) is 0 Å². The van der Waals surface area contributed by atoms with Gasteiger partial charge in [0.1, 0.15) is 11.6 Å². The van der Waals surface area contributed by atoms with Crippen molar-refractivity contribution in [1.29, 1.82) is 0 Å². The lowest BCUT2D eigenvalue weighted by Crippen LogP contribution is -2.19. The quantitative estimate of drug-likeness (QED) is 0.769. The standard InChI is InChI=1S/C16H18ClFN2/c1-3-14-8-12(10-17)9-16(19-14)20(2)11-13-6-4-5-7-15(13)18/h4-9H,3,10-11H2,1-2H3. The molecular weight excluding hydrogens is 275 g/mol. The lowest BCUT2D eigenvalue weighted by Gasteiger charge is -2.20. The molecule has 20 heavy (non-hydrogen) atoms. The number of hydrogen-bond acceptors (Lipinski definition) is 2. The molecule has 106 valence electrons. The Balaban J connectivity index is 2.24. The summed E-state index contributed by atoms with van der Waals surface area (Å²) >= 11 is 5.91. The van der Waals surface area contributed by atoms with Crippen LogP contribution in [0.2, 0.25) is 0 Å². The van der Waals surface area contributed by atoms with Gasteiger partial charge in [-0.15, -0.1) is 11.6 Å².